The van der Waals surface area contributed by atoms with Crippen molar-refractivity contribution in [2.45, 2.75) is 274 Å². The quantitative estimate of drug-likeness (QED) is 0.0339. The van der Waals surface area contributed by atoms with Crippen LogP contribution in [0.4, 0.5) is 0 Å². The zero-order valence-electron chi connectivity index (χ0n) is 57.9. The van der Waals surface area contributed by atoms with Gasteiger partial charge < -0.3 is 18.9 Å². The number of unbranched alkanes of at least 4 members (excludes halogenated alkanes) is 4. The Kier molecular flexibility index (Phi) is 34.6. The van der Waals surface area contributed by atoms with E-state index in [1.54, 1.807) is 0 Å². The number of hydrogen-bond acceptors (Lipinski definition) is 4. The number of ether oxygens (including phenoxy) is 4. The minimum atomic E-state index is -1.95. The molecule has 0 aliphatic carbocycles. The summed E-state index contributed by atoms with van der Waals surface area (Å²) in [5.41, 5.74) is 11.9. The summed E-state index contributed by atoms with van der Waals surface area (Å²) in [7, 11) is -3.89. The van der Waals surface area contributed by atoms with Gasteiger partial charge in [-0.1, -0.05) is 227 Å². The second-order valence-electron chi connectivity index (χ2n) is 26.1. The van der Waals surface area contributed by atoms with E-state index in [0.717, 1.165) is 136 Å². The summed E-state index contributed by atoms with van der Waals surface area (Å²) < 4.78 is 28.0. The molecule has 4 nitrogen and oxygen atoms in total. The van der Waals surface area contributed by atoms with Crippen LogP contribution in [0.1, 0.15) is 252 Å². The maximum Gasteiger partial charge on any atom is 0.161 e. The summed E-state index contributed by atoms with van der Waals surface area (Å²) in [6, 6.07) is 8.65. The maximum absolute atomic E-state index is 7.00. The Labute approximate surface area is 530 Å². The molecule has 0 bridgehead atoms. The van der Waals surface area contributed by atoms with Crippen LogP contribution in [0, 0.1) is 118 Å². The molecule has 0 aliphatic rings. The van der Waals surface area contributed by atoms with E-state index < -0.39 is 16.1 Å². The number of hydrogen-bond donors (Lipinski definition) is 0. The average molecular weight is 1200 g/mol. The minimum Gasteiger partial charge on any atom is -0.489 e. The Morgan fingerprint density at radius 2 is 0.523 bits per heavy atom. The van der Waals surface area contributed by atoms with Crippen molar-refractivity contribution in [3.05, 3.63) is 35.4 Å². The van der Waals surface area contributed by atoms with E-state index in [0.29, 0.717) is 106 Å². The lowest BCUT2D eigenvalue weighted by Crippen LogP contribution is -2.43. The molecule has 0 saturated heterocycles. The number of benzene rings is 3. The predicted octanol–water partition coefficient (Wildman–Crippen LogP) is 21.5. The molecule has 0 radical (unpaired) electrons. The maximum atomic E-state index is 7.00. The van der Waals surface area contributed by atoms with Gasteiger partial charge in [-0.3, -0.25) is 0 Å². The molecule has 0 aliphatic heterocycles. The van der Waals surface area contributed by atoms with E-state index in [-0.39, 0.29) is 0 Å². The van der Waals surface area contributed by atoms with Crippen molar-refractivity contribution in [3.8, 4) is 117 Å². The van der Waals surface area contributed by atoms with E-state index in [9.17, 15) is 0 Å². The first-order chi connectivity index (χ1) is 41.3. The fourth-order valence-electron chi connectivity index (χ4n) is 13.0. The zero-order chi connectivity index (χ0) is 63.7. The molecule has 0 fully saturated rings. The van der Waals surface area contributed by atoms with Gasteiger partial charge in [-0.05, 0) is 189 Å². The monoisotopic (exact) mass is 1190 g/mol. The van der Waals surface area contributed by atoms with E-state index in [4.69, 9.17) is 18.9 Å². The third-order valence-corrected chi connectivity index (χ3v) is 31.2. The minimum absolute atomic E-state index is 0.402. The average Bonchev–Trinajstić information content (AvgIpc) is 1.29. The normalized spacial score (nSPS) is 12.6. The Bertz CT molecular complexity index is 2860. The summed E-state index contributed by atoms with van der Waals surface area (Å²) in [4.78, 5) is 0. The number of fused-ring (bicyclic) bond motifs is 3. The van der Waals surface area contributed by atoms with Gasteiger partial charge in [0.05, 0.1) is 26.4 Å². The number of rotatable bonds is 34. The second kappa shape index (κ2) is 40.0. The van der Waals surface area contributed by atoms with Crippen LogP contribution >= 0.6 is 0 Å². The first-order valence-corrected chi connectivity index (χ1v) is 38.5. The molecule has 3 rings (SSSR count). The Hall–Kier alpha value is -5.71. The summed E-state index contributed by atoms with van der Waals surface area (Å²) >= 11 is 0. The van der Waals surface area contributed by atoms with Gasteiger partial charge in [0.1, 0.15) is 16.1 Å². The Morgan fingerprint density at radius 1 is 0.302 bits per heavy atom. The van der Waals surface area contributed by atoms with Gasteiger partial charge in [-0.25, -0.2) is 0 Å². The van der Waals surface area contributed by atoms with Crippen molar-refractivity contribution in [1.82, 2.24) is 0 Å². The molecule has 0 aromatic heterocycles. The first kappa shape index (κ1) is 74.5. The molecule has 4 unspecified atom stereocenters. The smallest absolute Gasteiger partial charge is 0.161 e. The van der Waals surface area contributed by atoms with Crippen LogP contribution < -0.4 is 18.9 Å². The lowest BCUT2D eigenvalue weighted by molar-refractivity contribution is 0.199. The molecule has 3 aromatic rings. The van der Waals surface area contributed by atoms with Gasteiger partial charge in [0, 0.05) is 21.9 Å². The van der Waals surface area contributed by atoms with Crippen LogP contribution in [0.3, 0.4) is 0 Å². The molecular formula is C80H114O4Si2. The molecule has 0 saturated carbocycles. The largest absolute Gasteiger partial charge is 0.489 e. The lowest BCUT2D eigenvalue weighted by atomic mass is 9.90. The van der Waals surface area contributed by atoms with Gasteiger partial charge in [-0.2, -0.15) is 0 Å². The molecule has 0 N–H and O–H groups in total. The van der Waals surface area contributed by atoms with Crippen LogP contribution in [-0.2, 0) is 0 Å². The molecule has 0 heterocycles. The van der Waals surface area contributed by atoms with Crippen molar-refractivity contribution >= 4 is 37.7 Å². The molecule has 466 valence electrons. The third kappa shape index (κ3) is 21.9. The van der Waals surface area contributed by atoms with Gasteiger partial charge >= 0.3 is 0 Å². The molecule has 0 spiro atoms. The van der Waals surface area contributed by atoms with Crippen LogP contribution in [0.5, 0.6) is 23.0 Å². The van der Waals surface area contributed by atoms with Crippen molar-refractivity contribution < 1.29 is 18.9 Å². The Morgan fingerprint density at radius 3 is 0.744 bits per heavy atom. The van der Waals surface area contributed by atoms with Gasteiger partial charge in [0.2, 0.25) is 0 Å². The highest BCUT2D eigenvalue weighted by Gasteiger charge is 2.42. The topological polar surface area (TPSA) is 36.9 Å². The van der Waals surface area contributed by atoms with Crippen molar-refractivity contribution in [3.63, 3.8) is 0 Å². The molecular weight excluding hydrogens is 1080 g/mol. The summed E-state index contributed by atoms with van der Waals surface area (Å²) in [5.74, 6) is 49.0. The van der Waals surface area contributed by atoms with E-state index in [1.165, 1.54) is 0 Å². The van der Waals surface area contributed by atoms with Crippen molar-refractivity contribution in [1.29, 1.82) is 0 Å². The van der Waals surface area contributed by atoms with Crippen LogP contribution in [0.25, 0.3) is 21.5 Å². The van der Waals surface area contributed by atoms with Crippen molar-refractivity contribution in [2.75, 3.05) is 26.4 Å². The van der Waals surface area contributed by atoms with Crippen LogP contribution in [-0.4, -0.2) is 42.6 Å². The SMILES string of the molecule is CCCCC(CC)COc1cc2c(C#CC#CC#CC#C[Si](C(C)C)(C(C)C)C(C)C)c(C#CC#CC#CC#C[Si](C(C)C)(C(C)C)C(C)C)c3cc(OCC(CC)CCCC)c(OCC(CC)CCCC)cc3c2cc1OCC(CC)CCCC. The van der Waals surface area contributed by atoms with E-state index in [1.807, 2.05) is 0 Å². The highest BCUT2D eigenvalue weighted by Crippen LogP contribution is 2.45. The first-order valence-electron chi connectivity index (χ1n) is 34.0. The van der Waals surface area contributed by atoms with Crippen LogP contribution in [0.15, 0.2) is 24.3 Å². The van der Waals surface area contributed by atoms with Crippen LogP contribution in [0.2, 0.25) is 33.2 Å². The summed E-state index contributed by atoms with van der Waals surface area (Å²) in [5, 5.41) is 3.67. The lowest BCUT2D eigenvalue weighted by Gasteiger charge is -2.37. The predicted molar refractivity (Wildman–Crippen MR) is 379 cm³/mol. The Balaban J connectivity index is 2.70. The fraction of sp³-hybridized carbons (Fsp3) is 0.625. The highest BCUT2D eigenvalue weighted by atomic mass is 28.3. The highest BCUT2D eigenvalue weighted by molar-refractivity contribution is 6.91. The van der Waals surface area contributed by atoms with E-state index >= 15 is 0 Å². The fourth-order valence-corrected chi connectivity index (χ4v) is 23.3. The molecule has 0 amide bonds. The molecule has 86 heavy (non-hydrogen) atoms. The molecule has 6 heteroatoms. The standard InChI is InChI=1S/C80H114O4Si2/c1-21-29-45-67(25-5)57-81-77-53-73-71(49-41-37-33-35-39-43-51-85(61(9)10,62(11)12)63(13)14)72(50-42-38-34-36-40-44-52-86(64(15)16,65(17)18)66(19)20)74-54-78(82-58-68(26-6)46-30-22-2)80(84-60-70(28-8)48-32-24-4)56-76(74)75(73)55-79(77)83-59-69(27-7)47-31-23-3/h53-56,61-70H,21-32,45-48,57-60H2,1-20H3. The third-order valence-electron chi connectivity index (χ3n) is 18.6. The van der Waals surface area contributed by atoms with Gasteiger partial charge in [-0.15, -0.1) is 11.1 Å². The van der Waals surface area contributed by atoms with Gasteiger partial charge in [0.25, 0.3) is 0 Å². The zero-order valence-corrected chi connectivity index (χ0v) is 59.9. The summed E-state index contributed by atoms with van der Waals surface area (Å²) in [6.45, 7) is 48.3. The second-order valence-corrected chi connectivity index (χ2v) is 37.3. The van der Waals surface area contributed by atoms with Crippen molar-refractivity contribution in [2.24, 2.45) is 23.7 Å². The van der Waals surface area contributed by atoms with E-state index in [2.05, 4.69) is 257 Å². The summed E-state index contributed by atoms with van der Waals surface area (Å²) in [6.07, 6.45) is 17.8. The molecule has 4 atom stereocenters. The molecule has 3 aromatic carbocycles. The van der Waals surface area contributed by atoms with Gasteiger partial charge in [0.15, 0.2) is 23.0 Å².